The summed E-state index contributed by atoms with van der Waals surface area (Å²) in [6.07, 6.45) is 1.63. The Balaban J connectivity index is 1.76. The van der Waals surface area contributed by atoms with Gasteiger partial charge in [-0.25, -0.2) is 0 Å². The van der Waals surface area contributed by atoms with Crippen LogP contribution in [0.15, 0.2) is 71.3 Å². The molecule has 0 aliphatic carbocycles. The number of anilines is 1. The van der Waals surface area contributed by atoms with Crippen LogP contribution in [0.3, 0.4) is 0 Å². The summed E-state index contributed by atoms with van der Waals surface area (Å²) in [6, 6.07) is 18.1. The molecule has 0 aliphatic rings. The highest BCUT2D eigenvalue weighted by molar-refractivity contribution is 6.35. The molecule has 1 heterocycles. The average Bonchev–Trinajstić information content (AvgIpc) is 3.17. The lowest BCUT2D eigenvalue weighted by molar-refractivity contribution is -0.706. The molecule has 6 heteroatoms. The van der Waals surface area contributed by atoms with E-state index in [0.29, 0.717) is 15.7 Å². The van der Waals surface area contributed by atoms with Crippen LogP contribution < -0.4 is 10.6 Å². The Labute approximate surface area is 162 Å². The molecule has 4 nitrogen and oxygen atoms in total. The van der Waals surface area contributed by atoms with Crippen LogP contribution in [0, 0.1) is 0 Å². The summed E-state index contributed by atoms with van der Waals surface area (Å²) in [6.45, 7) is 1.84. The van der Waals surface area contributed by atoms with Crippen LogP contribution in [-0.4, -0.2) is 11.9 Å². The molecule has 2 atom stereocenters. The SMILES string of the molecule is C[C@@H]([NH2+][C@H](c1ccccc1)c1ccco1)C(=O)Nc1cc(Cl)ccc1Cl. The predicted octanol–water partition coefficient (Wildman–Crippen LogP) is 4.27. The highest BCUT2D eigenvalue weighted by Gasteiger charge is 2.27. The Morgan fingerprint density at radius 2 is 1.85 bits per heavy atom. The molecule has 3 N–H and O–H groups in total. The van der Waals surface area contributed by atoms with Gasteiger partial charge in [-0.15, -0.1) is 0 Å². The lowest BCUT2D eigenvalue weighted by atomic mass is 10.0. The van der Waals surface area contributed by atoms with Gasteiger partial charge in [0.15, 0.2) is 17.8 Å². The van der Waals surface area contributed by atoms with E-state index in [1.165, 1.54) is 0 Å². The summed E-state index contributed by atoms with van der Waals surface area (Å²) >= 11 is 12.1. The van der Waals surface area contributed by atoms with Crippen LogP contribution in [0.4, 0.5) is 5.69 Å². The first-order valence-electron chi connectivity index (χ1n) is 8.24. The van der Waals surface area contributed by atoms with Crippen LogP contribution in [0.25, 0.3) is 0 Å². The van der Waals surface area contributed by atoms with Crippen molar-refractivity contribution in [3.8, 4) is 0 Å². The topological polar surface area (TPSA) is 58.9 Å². The number of quaternary nitrogens is 1. The minimum atomic E-state index is -0.375. The van der Waals surface area contributed by atoms with Crippen molar-refractivity contribution in [2.45, 2.75) is 19.0 Å². The molecule has 0 aliphatic heterocycles. The molecule has 1 amide bonds. The van der Waals surface area contributed by atoms with Crippen molar-refractivity contribution in [3.05, 3.63) is 88.3 Å². The quantitative estimate of drug-likeness (QED) is 0.661. The Morgan fingerprint density at radius 1 is 1.08 bits per heavy atom. The van der Waals surface area contributed by atoms with Crippen molar-refractivity contribution in [1.29, 1.82) is 0 Å². The van der Waals surface area contributed by atoms with E-state index in [-0.39, 0.29) is 18.0 Å². The van der Waals surface area contributed by atoms with E-state index in [1.54, 1.807) is 24.5 Å². The van der Waals surface area contributed by atoms with Crippen LogP contribution >= 0.6 is 23.2 Å². The Kier molecular flexibility index (Phi) is 5.99. The lowest BCUT2D eigenvalue weighted by Gasteiger charge is -2.19. The second-order valence-corrected chi connectivity index (χ2v) is 6.84. The van der Waals surface area contributed by atoms with Gasteiger partial charge in [0, 0.05) is 10.6 Å². The molecule has 3 rings (SSSR count). The number of carbonyl (C=O) groups is 1. The number of hydrogen-bond donors (Lipinski definition) is 2. The maximum Gasteiger partial charge on any atom is 0.282 e. The highest BCUT2D eigenvalue weighted by Crippen LogP contribution is 2.25. The molecule has 0 bridgehead atoms. The van der Waals surface area contributed by atoms with Crippen molar-refractivity contribution >= 4 is 34.8 Å². The molecular formula is C20H19Cl2N2O2+. The maximum atomic E-state index is 12.6. The zero-order valence-corrected chi connectivity index (χ0v) is 15.7. The van der Waals surface area contributed by atoms with Crippen LogP contribution in [0.1, 0.15) is 24.3 Å². The van der Waals surface area contributed by atoms with Gasteiger partial charge in [0.05, 0.1) is 17.0 Å². The first-order chi connectivity index (χ1) is 12.5. The van der Waals surface area contributed by atoms with E-state index in [1.807, 2.05) is 54.7 Å². The van der Waals surface area contributed by atoms with Gasteiger partial charge < -0.3 is 15.1 Å². The molecule has 0 radical (unpaired) electrons. The van der Waals surface area contributed by atoms with Crippen molar-refractivity contribution in [1.82, 2.24) is 0 Å². The van der Waals surface area contributed by atoms with Crippen molar-refractivity contribution in [3.63, 3.8) is 0 Å². The number of furan rings is 1. The number of nitrogens with one attached hydrogen (secondary N) is 1. The molecule has 0 fully saturated rings. The predicted molar refractivity (Wildman–Crippen MR) is 103 cm³/mol. The van der Waals surface area contributed by atoms with Gasteiger partial charge in [-0.1, -0.05) is 53.5 Å². The fourth-order valence-corrected chi connectivity index (χ4v) is 3.05. The van der Waals surface area contributed by atoms with Crippen LogP contribution in [0.2, 0.25) is 10.0 Å². The monoisotopic (exact) mass is 389 g/mol. The van der Waals surface area contributed by atoms with E-state index < -0.39 is 0 Å². The minimum Gasteiger partial charge on any atom is -0.463 e. The summed E-state index contributed by atoms with van der Waals surface area (Å²) in [7, 11) is 0. The van der Waals surface area contributed by atoms with Gasteiger partial charge >= 0.3 is 0 Å². The van der Waals surface area contributed by atoms with Gasteiger partial charge in [-0.05, 0) is 37.3 Å². The van der Waals surface area contributed by atoms with Gasteiger partial charge in [0.25, 0.3) is 5.91 Å². The van der Waals surface area contributed by atoms with E-state index >= 15 is 0 Å². The molecule has 26 heavy (non-hydrogen) atoms. The first kappa shape index (κ1) is 18.5. The second kappa shape index (κ2) is 8.41. The highest BCUT2D eigenvalue weighted by atomic mass is 35.5. The molecule has 3 aromatic rings. The Bertz CT molecular complexity index is 867. The normalized spacial score (nSPS) is 13.2. The summed E-state index contributed by atoms with van der Waals surface area (Å²) in [4.78, 5) is 12.6. The van der Waals surface area contributed by atoms with Crippen molar-refractivity contribution in [2.75, 3.05) is 5.32 Å². The molecule has 1 aromatic heterocycles. The number of hydrogen-bond acceptors (Lipinski definition) is 2. The minimum absolute atomic E-state index is 0.123. The summed E-state index contributed by atoms with van der Waals surface area (Å²) in [5.41, 5.74) is 1.56. The standard InChI is InChI=1S/C20H18Cl2N2O2/c1-13(20(25)24-17-12-15(21)9-10-16(17)22)23-19(18-8-5-11-26-18)14-6-3-2-4-7-14/h2-13,19,23H,1H3,(H,24,25)/p+1/t13-,19-/m1/s1. The smallest absolute Gasteiger partial charge is 0.282 e. The molecule has 0 spiro atoms. The van der Waals surface area contributed by atoms with Gasteiger partial charge in [-0.3, -0.25) is 4.79 Å². The number of nitrogens with two attached hydrogens (primary N) is 1. The number of carbonyl (C=O) groups excluding carboxylic acids is 1. The number of amides is 1. The zero-order valence-electron chi connectivity index (χ0n) is 14.2. The van der Waals surface area contributed by atoms with Gasteiger partial charge in [0.1, 0.15) is 0 Å². The lowest BCUT2D eigenvalue weighted by Crippen LogP contribution is -2.92. The average molecular weight is 390 g/mol. The van der Waals surface area contributed by atoms with E-state index in [9.17, 15) is 4.79 Å². The van der Waals surface area contributed by atoms with Gasteiger partial charge in [0.2, 0.25) is 0 Å². The third-order valence-corrected chi connectivity index (χ3v) is 4.65. The van der Waals surface area contributed by atoms with Gasteiger partial charge in [-0.2, -0.15) is 0 Å². The van der Waals surface area contributed by atoms with Crippen LogP contribution in [0.5, 0.6) is 0 Å². The first-order valence-corrected chi connectivity index (χ1v) is 8.99. The number of rotatable bonds is 6. The molecule has 0 saturated heterocycles. The van der Waals surface area contributed by atoms with E-state index in [0.717, 1.165) is 11.3 Å². The second-order valence-electron chi connectivity index (χ2n) is 6.00. The third-order valence-electron chi connectivity index (χ3n) is 4.09. The molecule has 2 aromatic carbocycles. The molecular weight excluding hydrogens is 371 g/mol. The maximum absolute atomic E-state index is 12.6. The fourth-order valence-electron chi connectivity index (χ4n) is 2.71. The third kappa shape index (κ3) is 4.47. The largest absolute Gasteiger partial charge is 0.463 e. The van der Waals surface area contributed by atoms with E-state index in [2.05, 4.69) is 5.32 Å². The molecule has 134 valence electrons. The van der Waals surface area contributed by atoms with Crippen LogP contribution in [-0.2, 0) is 4.79 Å². The fraction of sp³-hybridized carbons (Fsp3) is 0.150. The van der Waals surface area contributed by atoms with E-state index in [4.69, 9.17) is 27.6 Å². The van der Waals surface area contributed by atoms with Crippen molar-refractivity contribution < 1.29 is 14.5 Å². The molecule has 0 saturated carbocycles. The number of halogens is 2. The summed E-state index contributed by atoms with van der Waals surface area (Å²) < 4.78 is 5.58. The zero-order chi connectivity index (χ0) is 18.5. The number of benzene rings is 2. The summed E-state index contributed by atoms with van der Waals surface area (Å²) in [5, 5.41) is 5.75. The molecule has 0 unspecified atom stereocenters. The Hall–Kier alpha value is -2.27. The van der Waals surface area contributed by atoms with Crippen molar-refractivity contribution in [2.24, 2.45) is 0 Å². The Morgan fingerprint density at radius 3 is 2.54 bits per heavy atom. The summed E-state index contributed by atoms with van der Waals surface area (Å²) in [5.74, 6) is 0.623.